The van der Waals surface area contributed by atoms with Crippen LogP contribution >= 0.6 is 22.9 Å². The highest BCUT2D eigenvalue weighted by Crippen LogP contribution is 2.24. The van der Waals surface area contributed by atoms with Crippen LogP contribution in [0.1, 0.15) is 33.6 Å². The van der Waals surface area contributed by atoms with Gasteiger partial charge in [0.15, 0.2) is 6.61 Å². The Kier molecular flexibility index (Phi) is 6.39. The first-order valence-corrected chi connectivity index (χ1v) is 11.3. The van der Waals surface area contributed by atoms with Crippen molar-refractivity contribution in [3.05, 3.63) is 56.7 Å². The van der Waals surface area contributed by atoms with Crippen molar-refractivity contribution in [2.24, 2.45) is 5.92 Å². The molecule has 6 nitrogen and oxygen atoms in total. The van der Waals surface area contributed by atoms with Crippen LogP contribution in [-0.4, -0.2) is 53.8 Å². The van der Waals surface area contributed by atoms with Crippen LogP contribution in [-0.2, 0) is 27.3 Å². The lowest BCUT2D eigenvalue weighted by Crippen LogP contribution is -2.42. The van der Waals surface area contributed by atoms with E-state index in [-0.39, 0.29) is 30.3 Å². The predicted molar refractivity (Wildman–Crippen MR) is 114 cm³/mol. The van der Waals surface area contributed by atoms with Crippen molar-refractivity contribution >= 4 is 40.7 Å². The Morgan fingerprint density at radius 3 is 2.50 bits per heavy atom. The maximum atomic E-state index is 12.6. The highest BCUT2D eigenvalue weighted by atomic mass is 35.5. The smallest absolute Gasteiger partial charge is 0.309 e. The van der Waals surface area contributed by atoms with Crippen LogP contribution in [0.2, 0.25) is 5.02 Å². The standard InChI is InChI=1S/C22H23ClN2O4S/c23-18-3-1-15(2-4-18)21(27)24-9-5-16(6-10-24)22(28)29-14-20(26)25-11-7-19-17(13-25)8-12-30-19/h1-4,8,12,16H,5-7,9-11,13-14H2. The average Bonchev–Trinajstić information content (AvgIpc) is 3.25. The van der Waals surface area contributed by atoms with Gasteiger partial charge in [0, 0.05) is 41.6 Å². The zero-order valence-corrected chi connectivity index (χ0v) is 18.1. The molecule has 8 heteroatoms. The summed E-state index contributed by atoms with van der Waals surface area (Å²) in [6, 6.07) is 8.84. The molecule has 2 amide bonds. The number of likely N-dealkylation sites (tertiary alicyclic amines) is 1. The van der Waals surface area contributed by atoms with E-state index >= 15 is 0 Å². The summed E-state index contributed by atoms with van der Waals surface area (Å²) in [4.78, 5) is 42.2. The van der Waals surface area contributed by atoms with Crippen molar-refractivity contribution in [3.8, 4) is 0 Å². The summed E-state index contributed by atoms with van der Waals surface area (Å²) in [5.74, 6) is -0.853. The molecule has 0 atom stereocenters. The predicted octanol–water partition coefficient (Wildman–Crippen LogP) is 3.38. The van der Waals surface area contributed by atoms with Crippen LogP contribution in [0.5, 0.6) is 0 Å². The largest absolute Gasteiger partial charge is 0.455 e. The number of hydrogen-bond donors (Lipinski definition) is 0. The van der Waals surface area contributed by atoms with Gasteiger partial charge in [0.05, 0.1) is 5.92 Å². The SMILES string of the molecule is O=C(OCC(=O)N1CCc2sccc2C1)C1CCN(C(=O)c2ccc(Cl)cc2)CC1. The van der Waals surface area contributed by atoms with Gasteiger partial charge in [0.2, 0.25) is 0 Å². The molecule has 0 aliphatic carbocycles. The molecule has 30 heavy (non-hydrogen) atoms. The van der Waals surface area contributed by atoms with Gasteiger partial charge in [-0.25, -0.2) is 0 Å². The van der Waals surface area contributed by atoms with E-state index in [1.165, 1.54) is 10.4 Å². The van der Waals surface area contributed by atoms with Gasteiger partial charge >= 0.3 is 5.97 Å². The van der Waals surface area contributed by atoms with Crippen molar-refractivity contribution in [1.29, 1.82) is 0 Å². The summed E-state index contributed by atoms with van der Waals surface area (Å²) in [5.41, 5.74) is 1.77. The molecule has 0 radical (unpaired) electrons. The van der Waals surface area contributed by atoms with Crippen LogP contribution in [0.3, 0.4) is 0 Å². The first-order valence-electron chi connectivity index (χ1n) is 10.1. The normalized spacial score (nSPS) is 16.8. The Morgan fingerprint density at radius 1 is 1.03 bits per heavy atom. The van der Waals surface area contributed by atoms with Gasteiger partial charge in [-0.3, -0.25) is 14.4 Å². The van der Waals surface area contributed by atoms with E-state index in [2.05, 4.69) is 0 Å². The van der Waals surface area contributed by atoms with Crippen LogP contribution < -0.4 is 0 Å². The van der Waals surface area contributed by atoms with Crippen LogP contribution in [0.15, 0.2) is 35.7 Å². The fraction of sp³-hybridized carbons (Fsp3) is 0.409. The molecule has 4 rings (SSSR count). The lowest BCUT2D eigenvalue weighted by molar-refractivity contribution is -0.157. The average molecular weight is 447 g/mol. The molecular weight excluding hydrogens is 424 g/mol. The second-order valence-corrected chi connectivity index (χ2v) is 9.05. The molecule has 158 valence electrons. The molecule has 3 heterocycles. The number of piperidine rings is 1. The zero-order chi connectivity index (χ0) is 21.1. The fourth-order valence-corrected chi connectivity index (χ4v) is 4.91. The maximum absolute atomic E-state index is 12.6. The molecule has 0 saturated carbocycles. The quantitative estimate of drug-likeness (QED) is 0.675. The number of benzene rings is 1. The van der Waals surface area contributed by atoms with Gasteiger partial charge in [-0.1, -0.05) is 11.6 Å². The van der Waals surface area contributed by atoms with E-state index in [1.807, 2.05) is 11.4 Å². The molecule has 0 bridgehead atoms. The number of fused-ring (bicyclic) bond motifs is 1. The van der Waals surface area contributed by atoms with E-state index < -0.39 is 0 Å². The monoisotopic (exact) mass is 446 g/mol. The first kappa shape index (κ1) is 20.9. The first-order chi connectivity index (χ1) is 14.5. The number of carbonyl (C=O) groups is 3. The molecule has 2 aromatic rings. The second kappa shape index (κ2) is 9.18. The van der Waals surface area contributed by atoms with Crippen molar-refractivity contribution in [2.75, 3.05) is 26.2 Å². The van der Waals surface area contributed by atoms with Gasteiger partial charge < -0.3 is 14.5 Å². The number of ether oxygens (including phenoxy) is 1. The summed E-state index contributed by atoms with van der Waals surface area (Å²) in [5, 5.41) is 2.63. The molecule has 0 unspecified atom stereocenters. The van der Waals surface area contributed by atoms with Crippen molar-refractivity contribution in [2.45, 2.75) is 25.8 Å². The molecule has 2 aliphatic rings. The molecule has 1 fully saturated rings. The second-order valence-electron chi connectivity index (χ2n) is 7.62. The molecule has 0 spiro atoms. The van der Waals surface area contributed by atoms with Crippen LogP contribution in [0.25, 0.3) is 0 Å². The Morgan fingerprint density at radius 2 is 1.77 bits per heavy atom. The van der Waals surface area contributed by atoms with Gasteiger partial charge in [0.1, 0.15) is 0 Å². The van der Waals surface area contributed by atoms with E-state index in [0.717, 1.165) is 6.42 Å². The highest BCUT2D eigenvalue weighted by molar-refractivity contribution is 7.10. The third-order valence-corrected chi connectivity index (χ3v) is 6.98. The lowest BCUT2D eigenvalue weighted by atomic mass is 9.96. The minimum Gasteiger partial charge on any atom is -0.455 e. The number of rotatable bonds is 4. The van der Waals surface area contributed by atoms with Crippen molar-refractivity contribution in [1.82, 2.24) is 9.80 Å². The van der Waals surface area contributed by atoms with Crippen LogP contribution in [0, 0.1) is 5.92 Å². The summed E-state index contributed by atoms with van der Waals surface area (Å²) >= 11 is 7.59. The minimum atomic E-state index is -0.352. The molecule has 1 saturated heterocycles. The highest BCUT2D eigenvalue weighted by Gasteiger charge is 2.30. The number of carbonyl (C=O) groups excluding carboxylic acids is 3. The van der Waals surface area contributed by atoms with Crippen molar-refractivity contribution in [3.63, 3.8) is 0 Å². The van der Waals surface area contributed by atoms with Gasteiger partial charge in [-0.05, 0) is 60.5 Å². The fourth-order valence-electron chi connectivity index (χ4n) is 3.90. The Hall–Kier alpha value is -2.38. The van der Waals surface area contributed by atoms with Crippen molar-refractivity contribution < 1.29 is 19.1 Å². The molecule has 1 aromatic carbocycles. The number of thiophene rings is 1. The molecule has 2 aliphatic heterocycles. The molecule has 0 N–H and O–H groups in total. The van der Waals surface area contributed by atoms with Gasteiger partial charge in [-0.15, -0.1) is 11.3 Å². The van der Waals surface area contributed by atoms with E-state index in [9.17, 15) is 14.4 Å². The number of hydrogen-bond acceptors (Lipinski definition) is 5. The molecule has 1 aromatic heterocycles. The van der Waals surface area contributed by atoms with E-state index in [4.69, 9.17) is 16.3 Å². The Labute approximate surface area is 184 Å². The Balaban J connectivity index is 1.22. The number of nitrogens with zero attached hydrogens (tertiary/aromatic N) is 2. The van der Waals surface area contributed by atoms with Gasteiger partial charge in [-0.2, -0.15) is 0 Å². The summed E-state index contributed by atoms with van der Waals surface area (Å²) in [6.07, 6.45) is 1.93. The number of halogens is 1. The van der Waals surface area contributed by atoms with E-state index in [1.54, 1.807) is 45.4 Å². The maximum Gasteiger partial charge on any atom is 0.309 e. The van der Waals surface area contributed by atoms with E-state index in [0.29, 0.717) is 49.6 Å². The summed E-state index contributed by atoms with van der Waals surface area (Å²) < 4.78 is 5.31. The minimum absolute atomic E-state index is 0.0634. The third-order valence-electron chi connectivity index (χ3n) is 5.70. The summed E-state index contributed by atoms with van der Waals surface area (Å²) in [7, 11) is 0. The number of esters is 1. The lowest BCUT2D eigenvalue weighted by Gasteiger charge is -2.31. The number of amides is 2. The van der Waals surface area contributed by atoms with Gasteiger partial charge in [0.25, 0.3) is 11.8 Å². The molecular formula is C22H23ClN2O4S. The zero-order valence-electron chi connectivity index (χ0n) is 16.5. The topological polar surface area (TPSA) is 66.9 Å². The summed E-state index contributed by atoms with van der Waals surface area (Å²) in [6.45, 7) is 2.00. The third kappa shape index (κ3) is 4.68. The Bertz CT molecular complexity index is 935. The van der Waals surface area contributed by atoms with Crippen LogP contribution in [0.4, 0.5) is 0 Å².